The predicted molar refractivity (Wildman–Crippen MR) is 155 cm³/mol. The third-order valence-electron chi connectivity index (χ3n) is 12.6. The molecule has 0 aliphatic heterocycles. The van der Waals surface area contributed by atoms with E-state index in [1.807, 2.05) is 26.0 Å². The SMILES string of the molecule is C=NNC(=NN)C1=C[C@]2(C)C3=CC(=O)C4C5C[C@@H](C)CC[C@]5(C(=O)OC)CC[C@@]4(C)[C@]3(C)CC[C@H]2C(C)(C)C1=O. The average molecular weight is 551 g/mol. The van der Waals surface area contributed by atoms with E-state index in [1.54, 1.807) is 0 Å². The molecule has 5 aliphatic rings. The molecule has 3 fully saturated rings. The van der Waals surface area contributed by atoms with Crippen LogP contribution in [0.2, 0.25) is 0 Å². The molecule has 0 saturated heterocycles. The summed E-state index contributed by atoms with van der Waals surface area (Å²) in [5.41, 5.74) is 1.70. The molecule has 3 saturated carbocycles. The van der Waals surface area contributed by atoms with Gasteiger partial charge in [0.15, 0.2) is 17.4 Å². The molecule has 2 unspecified atom stereocenters. The molecule has 5 rings (SSSR count). The van der Waals surface area contributed by atoms with Gasteiger partial charge in [-0.1, -0.05) is 53.2 Å². The lowest BCUT2D eigenvalue weighted by atomic mass is 9.34. The second kappa shape index (κ2) is 9.12. The number of rotatable bonds is 3. The number of ketones is 2. The van der Waals surface area contributed by atoms with Gasteiger partial charge in [-0.05, 0) is 79.6 Å². The number of nitrogens with zero attached hydrogens (tertiary/aromatic N) is 2. The van der Waals surface area contributed by atoms with Crippen molar-refractivity contribution in [2.24, 2.45) is 66.8 Å². The molecule has 0 heterocycles. The number of hydrogen-bond donors (Lipinski definition) is 2. The van der Waals surface area contributed by atoms with Crippen molar-refractivity contribution in [3.8, 4) is 0 Å². The molecule has 8 heteroatoms. The maximum Gasteiger partial charge on any atom is 0.312 e. The molecule has 0 aromatic carbocycles. The van der Waals surface area contributed by atoms with Crippen molar-refractivity contribution < 1.29 is 19.1 Å². The van der Waals surface area contributed by atoms with E-state index in [0.29, 0.717) is 11.5 Å². The normalized spacial score (nSPS) is 44.1. The van der Waals surface area contributed by atoms with Crippen molar-refractivity contribution in [1.82, 2.24) is 5.43 Å². The molecule has 3 N–H and O–H groups in total. The highest BCUT2D eigenvalue weighted by Crippen LogP contribution is 2.74. The summed E-state index contributed by atoms with van der Waals surface area (Å²) in [4.78, 5) is 41.6. The minimum absolute atomic E-state index is 0.00620. The van der Waals surface area contributed by atoms with Gasteiger partial charge in [0.05, 0.1) is 18.1 Å². The summed E-state index contributed by atoms with van der Waals surface area (Å²) >= 11 is 0. The topological polar surface area (TPSA) is 123 Å². The van der Waals surface area contributed by atoms with E-state index >= 15 is 0 Å². The van der Waals surface area contributed by atoms with Crippen LogP contribution in [0.4, 0.5) is 0 Å². The fraction of sp³-hybridized carbons (Fsp3) is 0.719. The molecule has 0 aromatic heterocycles. The van der Waals surface area contributed by atoms with Crippen LogP contribution < -0.4 is 11.3 Å². The molecule has 0 amide bonds. The molecule has 8 atom stereocenters. The monoisotopic (exact) mass is 550 g/mol. The second-order valence-corrected chi connectivity index (χ2v) is 14.6. The Morgan fingerprint density at radius 3 is 2.42 bits per heavy atom. The summed E-state index contributed by atoms with van der Waals surface area (Å²) in [7, 11) is 1.48. The van der Waals surface area contributed by atoms with Crippen LogP contribution in [0.1, 0.15) is 86.5 Å². The van der Waals surface area contributed by atoms with Crippen molar-refractivity contribution in [3.05, 3.63) is 23.3 Å². The zero-order valence-corrected chi connectivity index (χ0v) is 25.2. The minimum atomic E-state index is -0.702. The zero-order valence-electron chi connectivity index (χ0n) is 25.2. The standard InChI is InChI=1S/C32H46N4O4/c1-18-9-12-32(27(39)40-8)14-13-31(6)24(20(32)15-18)21(37)16-23-29(4)17-19(26(35-33)36-34-7)25(38)28(2,3)22(29)10-11-30(23,31)5/h16-18,20,22,24H,7,9-15,33H2,1-6,8H3,(H,35,36)/t18-,20?,22-,24?,29-,30+,31+,32-/m0/s1. The van der Waals surface area contributed by atoms with Crippen LogP contribution in [0.25, 0.3) is 0 Å². The Balaban J connectivity index is 1.70. The van der Waals surface area contributed by atoms with Gasteiger partial charge in [0.25, 0.3) is 0 Å². The lowest BCUT2D eigenvalue weighted by Gasteiger charge is -2.68. The molecule has 0 bridgehead atoms. The number of allylic oxidation sites excluding steroid dienone is 3. The number of carbonyl (C=O) groups is 3. The lowest BCUT2D eigenvalue weighted by Crippen LogP contribution is -2.65. The number of fused-ring (bicyclic) bond motifs is 7. The van der Waals surface area contributed by atoms with Crippen LogP contribution in [0.5, 0.6) is 0 Å². The van der Waals surface area contributed by atoms with E-state index in [2.05, 4.69) is 50.0 Å². The van der Waals surface area contributed by atoms with E-state index in [9.17, 15) is 14.4 Å². The maximum atomic E-state index is 14.5. The van der Waals surface area contributed by atoms with Gasteiger partial charge < -0.3 is 10.6 Å². The molecule has 0 spiro atoms. The smallest absolute Gasteiger partial charge is 0.312 e. The number of nitrogens with one attached hydrogen (secondary N) is 1. The van der Waals surface area contributed by atoms with E-state index < -0.39 is 16.2 Å². The first-order chi connectivity index (χ1) is 18.7. The van der Waals surface area contributed by atoms with Crippen molar-refractivity contribution in [2.45, 2.75) is 86.5 Å². The first kappa shape index (κ1) is 28.7. The van der Waals surface area contributed by atoms with Gasteiger partial charge >= 0.3 is 5.97 Å². The van der Waals surface area contributed by atoms with Crippen molar-refractivity contribution in [3.63, 3.8) is 0 Å². The molecular weight excluding hydrogens is 504 g/mol. The van der Waals surface area contributed by atoms with Crippen LogP contribution in [-0.4, -0.2) is 37.2 Å². The first-order valence-electron chi connectivity index (χ1n) is 14.8. The average Bonchev–Trinajstić information content (AvgIpc) is 2.90. The van der Waals surface area contributed by atoms with Gasteiger partial charge in [0.1, 0.15) is 0 Å². The third-order valence-corrected chi connectivity index (χ3v) is 12.6. The number of ether oxygens (including phenoxy) is 1. The van der Waals surface area contributed by atoms with E-state index in [-0.39, 0.29) is 52.0 Å². The number of hydrogen-bond acceptors (Lipinski definition) is 7. The largest absolute Gasteiger partial charge is 0.469 e. The molecule has 0 radical (unpaired) electrons. The second-order valence-electron chi connectivity index (χ2n) is 14.6. The Kier molecular flexibility index (Phi) is 6.55. The highest BCUT2D eigenvalue weighted by atomic mass is 16.5. The Hall–Kier alpha value is -2.77. The minimum Gasteiger partial charge on any atom is -0.469 e. The van der Waals surface area contributed by atoms with E-state index in [1.165, 1.54) is 7.11 Å². The van der Waals surface area contributed by atoms with Crippen molar-refractivity contribution >= 4 is 30.1 Å². The van der Waals surface area contributed by atoms with Crippen LogP contribution in [0.3, 0.4) is 0 Å². The Morgan fingerprint density at radius 2 is 1.80 bits per heavy atom. The summed E-state index contributed by atoms with van der Waals surface area (Å²) in [6, 6.07) is 0. The van der Waals surface area contributed by atoms with Crippen molar-refractivity contribution in [2.75, 3.05) is 7.11 Å². The number of esters is 1. The summed E-state index contributed by atoms with van der Waals surface area (Å²) in [6.45, 7) is 16.5. The Morgan fingerprint density at radius 1 is 1.10 bits per heavy atom. The Bertz CT molecular complexity index is 1270. The highest BCUT2D eigenvalue weighted by molar-refractivity contribution is 6.23. The van der Waals surface area contributed by atoms with Crippen LogP contribution in [-0.2, 0) is 19.1 Å². The lowest BCUT2D eigenvalue weighted by molar-refractivity contribution is -0.187. The first-order valence-corrected chi connectivity index (χ1v) is 14.8. The summed E-state index contributed by atoms with van der Waals surface area (Å²) in [5, 5.41) is 7.56. The van der Waals surface area contributed by atoms with E-state index in [4.69, 9.17) is 10.6 Å². The molecular formula is C32H46N4O4. The molecule has 5 aliphatic carbocycles. The number of nitrogens with two attached hydrogens (primary N) is 1. The molecule has 0 aromatic rings. The number of amidine groups is 1. The number of Topliss-reactive ketones (excluding diaryl/α,β-unsaturated/α-hetero) is 1. The predicted octanol–water partition coefficient (Wildman–Crippen LogP) is 4.94. The van der Waals surface area contributed by atoms with Gasteiger partial charge in [-0.15, -0.1) is 0 Å². The fourth-order valence-electron chi connectivity index (χ4n) is 10.4. The van der Waals surface area contributed by atoms with E-state index in [0.717, 1.165) is 50.5 Å². The van der Waals surface area contributed by atoms with Gasteiger partial charge in [-0.25, -0.2) is 0 Å². The molecule has 218 valence electrons. The van der Waals surface area contributed by atoms with Gasteiger partial charge in [-0.2, -0.15) is 10.2 Å². The van der Waals surface area contributed by atoms with Crippen LogP contribution in [0.15, 0.2) is 33.5 Å². The number of carbonyl (C=O) groups excluding carboxylic acids is 3. The van der Waals surface area contributed by atoms with Crippen LogP contribution in [0, 0.1) is 50.7 Å². The van der Waals surface area contributed by atoms with Crippen molar-refractivity contribution in [1.29, 1.82) is 0 Å². The molecule has 40 heavy (non-hydrogen) atoms. The summed E-state index contributed by atoms with van der Waals surface area (Å²) in [5.74, 6) is 6.00. The molecule has 8 nitrogen and oxygen atoms in total. The Labute approximate surface area is 238 Å². The van der Waals surface area contributed by atoms with Gasteiger partial charge in [0, 0.05) is 23.5 Å². The summed E-state index contributed by atoms with van der Waals surface area (Å²) in [6.07, 6.45) is 9.79. The maximum absolute atomic E-state index is 14.5. The zero-order chi connectivity index (χ0) is 29.5. The van der Waals surface area contributed by atoms with Gasteiger partial charge in [-0.3, -0.25) is 19.8 Å². The number of hydrazone groups is 2. The fourth-order valence-corrected chi connectivity index (χ4v) is 10.4. The highest BCUT2D eigenvalue weighted by Gasteiger charge is 2.70. The third kappa shape index (κ3) is 3.46. The number of methoxy groups -OCH3 is 1. The van der Waals surface area contributed by atoms with Crippen LogP contribution >= 0.6 is 0 Å². The quantitative estimate of drug-likeness (QED) is 0.169. The summed E-state index contributed by atoms with van der Waals surface area (Å²) < 4.78 is 5.40. The van der Waals surface area contributed by atoms with Gasteiger partial charge in [0.2, 0.25) is 0 Å².